The molecule has 3 atom stereocenters. The number of nitrogens with one attached hydrogen (secondary N) is 2. The fraction of sp³-hybridized carbons (Fsp3) is 0.811. The number of ketones is 2. The highest BCUT2D eigenvalue weighted by Crippen LogP contribution is 2.34. The van der Waals surface area contributed by atoms with E-state index >= 15 is 0 Å². The number of benzene rings is 1. The van der Waals surface area contributed by atoms with Gasteiger partial charge in [-0.1, -0.05) is 239 Å². The number of Topliss-reactive ketones (excluding diaryl/α,β-unsaturated/α-hetero) is 2. The van der Waals surface area contributed by atoms with Crippen molar-refractivity contribution in [1.29, 1.82) is 0 Å². The molecule has 1 aromatic carbocycles. The van der Waals surface area contributed by atoms with Crippen LogP contribution in [-0.4, -0.2) is 29.7 Å². The first kappa shape index (κ1) is 54.5. The van der Waals surface area contributed by atoms with Gasteiger partial charge >= 0.3 is 0 Å². The molecule has 0 spiro atoms. The Balaban J connectivity index is 2.60. The fourth-order valence-electron chi connectivity index (χ4n) is 8.82. The number of hydrazone groups is 1. The monoisotopic (exact) mass is 822 g/mol. The zero-order chi connectivity index (χ0) is 43.2. The van der Waals surface area contributed by atoms with Gasteiger partial charge in [0.25, 0.3) is 5.91 Å². The number of carbonyl (C=O) groups excluding carboxylic acids is 3. The number of hydrogen-bond donors (Lipinski definition) is 2. The van der Waals surface area contributed by atoms with E-state index < -0.39 is 11.7 Å². The van der Waals surface area contributed by atoms with Gasteiger partial charge in [-0.15, -0.1) is 0 Å². The van der Waals surface area contributed by atoms with Crippen molar-refractivity contribution in [2.24, 2.45) is 22.9 Å². The second kappa shape index (κ2) is 38.4. The van der Waals surface area contributed by atoms with Gasteiger partial charge < -0.3 is 5.32 Å². The Hall–Kier alpha value is -2.50. The summed E-state index contributed by atoms with van der Waals surface area (Å²) in [4.78, 5) is 38.6. The van der Waals surface area contributed by atoms with Crippen molar-refractivity contribution in [3.63, 3.8) is 0 Å². The maximum Gasteiger partial charge on any atom is 0.275 e. The third kappa shape index (κ3) is 27.9. The zero-order valence-electron chi connectivity index (χ0n) is 39.8. The van der Waals surface area contributed by atoms with Crippen LogP contribution in [0.1, 0.15) is 264 Å². The first-order valence-electron chi connectivity index (χ1n) is 25.6. The van der Waals surface area contributed by atoms with Crippen LogP contribution in [0.5, 0.6) is 0 Å². The summed E-state index contributed by atoms with van der Waals surface area (Å²) in [5, 5.41) is 7.10. The molecular weight excluding hydrogens is 727 g/mol. The fourth-order valence-corrected chi connectivity index (χ4v) is 8.82. The molecule has 0 heterocycles. The standard InChI is InChI=1S/C53H95N3O3/c1-7-12-16-18-21-25-30-38-47(37-29-14-9-3)48(39-31-26-22-19-17-13-8-2)40-32-27-23-20-24-28-33-43-51(58)49-41-34-35-42-50(49)55-56-52(45(6)57)53(59)54-44-46(11-5)36-15-10-4/h34-35,41-42,46-48,55H,7-33,36-40,43-44H2,1-6H3,(H,54,59)/b56-52-. The molecule has 0 bridgehead atoms. The van der Waals surface area contributed by atoms with Gasteiger partial charge in [-0.2, -0.15) is 5.10 Å². The molecule has 0 aliphatic heterocycles. The third-order valence-corrected chi connectivity index (χ3v) is 12.8. The van der Waals surface area contributed by atoms with Crippen molar-refractivity contribution in [3.8, 4) is 0 Å². The number of para-hydroxylation sites is 1. The number of rotatable bonds is 42. The van der Waals surface area contributed by atoms with Gasteiger partial charge in [0.1, 0.15) is 0 Å². The van der Waals surface area contributed by atoms with Crippen molar-refractivity contribution in [2.45, 2.75) is 253 Å². The lowest BCUT2D eigenvalue weighted by molar-refractivity contribution is -0.117. The average molecular weight is 822 g/mol. The molecule has 0 saturated heterocycles. The first-order valence-corrected chi connectivity index (χ1v) is 25.6. The van der Waals surface area contributed by atoms with E-state index in [0.717, 1.165) is 50.4 Å². The minimum atomic E-state index is -0.475. The molecule has 2 N–H and O–H groups in total. The van der Waals surface area contributed by atoms with Crippen molar-refractivity contribution < 1.29 is 14.4 Å². The second-order valence-corrected chi connectivity index (χ2v) is 18.1. The van der Waals surface area contributed by atoms with Crippen LogP contribution in [0.4, 0.5) is 5.69 Å². The van der Waals surface area contributed by atoms with E-state index in [2.05, 4.69) is 50.5 Å². The summed E-state index contributed by atoms with van der Waals surface area (Å²) in [6.07, 6.45) is 42.7. The molecule has 0 aromatic heterocycles. The Bertz CT molecular complexity index is 1210. The first-order chi connectivity index (χ1) is 28.8. The molecule has 1 amide bonds. The van der Waals surface area contributed by atoms with Crippen molar-refractivity contribution in [3.05, 3.63) is 29.8 Å². The van der Waals surface area contributed by atoms with Gasteiger partial charge in [0.15, 0.2) is 17.3 Å². The zero-order valence-corrected chi connectivity index (χ0v) is 39.8. The molecule has 0 aliphatic carbocycles. The van der Waals surface area contributed by atoms with Crippen LogP contribution >= 0.6 is 0 Å². The molecule has 0 fully saturated rings. The molecular formula is C53H95N3O3. The van der Waals surface area contributed by atoms with Gasteiger partial charge in [-0.3, -0.25) is 19.8 Å². The minimum Gasteiger partial charge on any atom is -0.350 e. The summed E-state index contributed by atoms with van der Waals surface area (Å²) in [5.74, 6) is 1.40. The normalized spacial score (nSPS) is 13.3. The van der Waals surface area contributed by atoms with Crippen molar-refractivity contribution >= 4 is 28.9 Å². The Kier molecular flexibility index (Phi) is 35.5. The van der Waals surface area contributed by atoms with Crippen LogP contribution in [0.2, 0.25) is 0 Å². The highest BCUT2D eigenvalue weighted by Gasteiger charge is 2.21. The van der Waals surface area contributed by atoms with Gasteiger partial charge in [-0.05, 0) is 42.7 Å². The topological polar surface area (TPSA) is 87.6 Å². The number of amides is 1. The molecule has 340 valence electrons. The van der Waals surface area contributed by atoms with Gasteiger partial charge in [0.2, 0.25) is 0 Å². The number of nitrogens with zero attached hydrogens (tertiary/aromatic N) is 1. The summed E-state index contributed by atoms with van der Waals surface area (Å²) < 4.78 is 0. The van der Waals surface area contributed by atoms with Crippen LogP contribution in [0, 0.1) is 17.8 Å². The van der Waals surface area contributed by atoms with Gasteiger partial charge in [0, 0.05) is 25.5 Å². The molecule has 0 radical (unpaired) electrons. The summed E-state index contributed by atoms with van der Waals surface area (Å²) in [6, 6.07) is 7.27. The number of hydrogen-bond acceptors (Lipinski definition) is 5. The van der Waals surface area contributed by atoms with Crippen molar-refractivity contribution in [1.82, 2.24) is 5.32 Å². The van der Waals surface area contributed by atoms with Gasteiger partial charge in [0.05, 0.1) is 5.69 Å². The largest absolute Gasteiger partial charge is 0.350 e. The maximum absolute atomic E-state index is 13.3. The van der Waals surface area contributed by atoms with Crippen LogP contribution in [-0.2, 0) is 9.59 Å². The van der Waals surface area contributed by atoms with E-state index in [1.54, 1.807) is 12.1 Å². The smallest absolute Gasteiger partial charge is 0.275 e. The SMILES string of the molecule is CCCCCCCCCC(CCCCC)C(CCCCCCCCC)CCCCCCCCCC(=O)c1ccccc1N/N=C(/C(C)=O)C(=O)NCC(CC)CCCC. The second-order valence-electron chi connectivity index (χ2n) is 18.1. The quantitative estimate of drug-likeness (QED) is 0.0226. The molecule has 6 heteroatoms. The lowest BCUT2D eigenvalue weighted by atomic mass is 9.78. The van der Waals surface area contributed by atoms with Crippen LogP contribution < -0.4 is 10.7 Å². The highest BCUT2D eigenvalue weighted by molar-refractivity contribution is 6.65. The molecule has 1 aromatic rings. The van der Waals surface area contributed by atoms with E-state index in [0.29, 0.717) is 30.1 Å². The molecule has 3 unspecified atom stereocenters. The molecule has 1 rings (SSSR count). The number of anilines is 1. The van der Waals surface area contributed by atoms with E-state index in [4.69, 9.17) is 0 Å². The van der Waals surface area contributed by atoms with E-state index in [1.165, 1.54) is 174 Å². The number of unbranched alkanes of at least 4 members (excludes halogenated alkanes) is 21. The Morgan fingerprint density at radius 1 is 0.525 bits per heavy atom. The molecule has 6 nitrogen and oxygen atoms in total. The Morgan fingerprint density at radius 3 is 1.42 bits per heavy atom. The molecule has 0 aliphatic rings. The number of carbonyl (C=O) groups is 3. The van der Waals surface area contributed by atoms with Gasteiger partial charge in [-0.25, -0.2) is 0 Å². The van der Waals surface area contributed by atoms with Crippen molar-refractivity contribution in [2.75, 3.05) is 12.0 Å². The summed E-state index contributed by atoms with van der Waals surface area (Å²) >= 11 is 0. The van der Waals surface area contributed by atoms with E-state index in [-0.39, 0.29) is 11.5 Å². The molecule has 59 heavy (non-hydrogen) atoms. The summed E-state index contributed by atoms with van der Waals surface area (Å²) in [7, 11) is 0. The summed E-state index contributed by atoms with van der Waals surface area (Å²) in [6.45, 7) is 13.1. The summed E-state index contributed by atoms with van der Waals surface area (Å²) in [5.41, 5.74) is 3.79. The van der Waals surface area contributed by atoms with Crippen LogP contribution in [0.15, 0.2) is 29.4 Å². The van der Waals surface area contributed by atoms with E-state index in [1.807, 2.05) is 12.1 Å². The molecule has 0 saturated carbocycles. The Labute approximate surface area is 365 Å². The van der Waals surface area contributed by atoms with E-state index in [9.17, 15) is 14.4 Å². The predicted octanol–water partition coefficient (Wildman–Crippen LogP) is 16.2. The van der Waals surface area contributed by atoms with Crippen LogP contribution in [0.3, 0.4) is 0 Å². The lowest BCUT2D eigenvalue weighted by Gasteiger charge is -2.28. The minimum absolute atomic E-state index is 0.0656. The van der Waals surface area contributed by atoms with Crippen LogP contribution in [0.25, 0.3) is 0 Å². The lowest BCUT2D eigenvalue weighted by Crippen LogP contribution is -2.38. The highest BCUT2D eigenvalue weighted by atomic mass is 16.2. The maximum atomic E-state index is 13.3. The Morgan fingerprint density at radius 2 is 0.949 bits per heavy atom. The third-order valence-electron chi connectivity index (χ3n) is 12.8. The average Bonchev–Trinajstić information content (AvgIpc) is 3.24. The predicted molar refractivity (Wildman–Crippen MR) is 257 cm³/mol.